The average Bonchev–Trinajstić information content (AvgIpc) is 3.02. The van der Waals surface area contributed by atoms with Crippen molar-refractivity contribution >= 4 is 28.9 Å². The van der Waals surface area contributed by atoms with Crippen LogP contribution in [0.15, 0.2) is 58.4 Å². The summed E-state index contributed by atoms with van der Waals surface area (Å²) in [6.07, 6.45) is 2.88. The van der Waals surface area contributed by atoms with Gasteiger partial charge in [-0.3, -0.25) is 4.79 Å². The standard InChI is InChI=1S/C20H18N2O2S/c1-24-17-8-6-14(7-9-17)12-18-19(23)21-20(25-18)22-11-10-15-4-2-3-5-16(15)13-22/h2-9,12H,10-11,13H2,1H3/b18-12+. The van der Waals surface area contributed by atoms with E-state index in [1.807, 2.05) is 30.3 Å². The molecule has 2 aromatic carbocycles. The Morgan fingerprint density at radius 1 is 1.12 bits per heavy atom. The largest absolute Gasteiger partial charge is 0.497 e. The lowest BCUT2D eigenvalue weighted by atomic mass is 10.0. The summed E-state index contributed by atoms with van der Waals surface area (Å²) in [6.45, 7) is 1.71. The van der Waals surface area contributed by atoms with Crippen LogP contribution in [-0.4, -0.2) is 29.6 Å². The maximum absolute atomic E-state index is 12.3. The van der Waals surface area contributed by atoms with Gasteiger partial charge in [0.25, 0.3) is 5.91 Å². The normalized spacial score (nSPS) is 18.3. The van der Waals surface area contributed by atoms with Gasteiger partial charge < -0.3 is 9.64 Å². The Labute approximate surface area is 151 Å². The van der Waals surface area contributed by atoms with Crippen molar-refractivity contribution in [3.05, 3.63) is 70.1 Å². The molecule has 0 bridgehead atoms. The van der Waals surface area contributed by atoms with E-state index in [-0.39, 0.29) is 5.91 Å². The summed E-state index contributed by atoms with van der Waals surface area (Å²) in [5.74, 6) is 0.645. The highest BCUT2D eigenvalue weighted by Crippen LogP contribution is 2.32. The van der Waals surface area contributed by atoms with Crippen molar-refractivity contribution in [1.29, 1.82) is 0 Å². The Kier molecular flexibility index (Phi) is 4.32. The van der Waals surface area contributed by atoms with Gasteiger partial charge in [-0.2, -0.15) is 4.99 Å². The predicted molar refractivity (Wildman–Crippen MR) is 102 cm³/mol. The summed E-state index contributed by atoms with van der Waals surface area (Å²) in [7, 11) is 1.64. The molecule has 4 nitrogen and oxygen atoms in total. The first-order valence-corrected chi connectivity index (χ1v) is 9.03. The molecular formula is C20H18N2O2S. The van der Waals surface area contributed by atoms with E-state index >= 15 is 0 Å². The second-order valence-electron chi connectivity index (χ2n) is 6.02. The van der Waals surface area contributed by atoms with E-state index in [0.29, 0.717) is 4.91 Å². The third kappa shape index (κ3) is 3.33. The molecule has 25 heavy (non-hydrogen) atoms. The minimum atomic E-state index is -0.158. The zero-order valence-corrected chi connectivity index (χ0v) is 14.8. The van der Waals surface area contributed by atoms with Gasteiger partial charge >= 0.3 is 0 Å². The molecule has 2 aromatic rings. The number of thioether (sulfide) groups is 1. The van der Waals surface area contributed by atoms with Crippen molar-refractivity contribution < 1.29 is 9.53 Å². The molecule has 1 amide bonds. The first kappa shape index (κ1) is 16.0. The zero-order chi connectivity index (χ0) is 17.2. The van der Waals surface area contributed by atoms with Gasteiger partial charge in [0.05, 0.1) is 12.0 Å². The molecule has 0 saturated carbocycles. The molecule has 2 aliphatic rings. The lowest BCUT2D eigenvalue weighted by Crippen LogP contribution is -2.33. The van der Waals surface area contributed by atoms with Crippen molar-refractivity contribution in [2.45, 2.75) is 13.0 Å². The number of amides is 1. The zero-order valence-electron chi connectivity index (χ0n) is 13.9. The summed E-state index contributed by atoms with van der Waals surface area (Å²) in [4.78, 5) is 19.4. The Balaban J connectivity index is 1.50. The van der Waals surface area contributed by atoms with Crippen molar-refractivity contribution in [3.8, 4) is 5.75 Å². The second-order valence-corrected chi connectivity index (χ2v) is 7.03. The average molecular weight is 350 g/mol. The molecule has 0 aliphatic carbocycles. The van der Waals surface area contributed by atoms with E-state index in [2.05, 4.69) is 34.2 Å². The fraction of sp³-hybridized carbons (Fsp3) is 0.200. The molecule has 0 N–H and O–H groups in total. The van der Waals surface area contributed by atoms with Crippen LogP contribution in [0.4, 0.5) is 0 Å². The number of fused-ring (bicyclic) bond motifs is 1. The summed E-state index contributed by atoms with van der Waals surface area (Å²) in [6, 6.07) is 16.1. The third-order valence-electron chi connectivity index (χ3n) is 4.42. The molecule has 0 saturated heterocycles. The number of methoxy groups -OCH3 is 1. The molecule has 0 aromatic heterocycles. The molecule has 126 valence electrons. The molecule has 2 aliphatic heterocycles. The maximum atomic E-state index is 12.3. The number of carbonyl (C=O) groups is 1. The topological polar surface area (TPSA) is 41.9 Å². The lowest BCUT2D eigenvalue weighted by molar-refractivity contribution is -0.113. The Morgan fingerprint density at radius 3 is 2.64 bits per heavy atom. The molecule has 0 atom stereocenters. The quantitative estimate of drug-likeness (QED) is 0.774. The molecule has 0 fully saturated rings. The monoisotopic (exact) mass is 350 g/mol. The Hall–Kier alpha value is -2.53. The van der Waals surface area contributed by atoms with Crippen LogP contribution in [0.25, 0.3) is 6.08 Å². The maximum Gasteiger partial charge on any atom is 0.286 e. The van der Waals surface area contributed by atoms with Crippen molar-refractivity contribution in [2.24, 2.45) is 4.99 Å². The van der Waals surface area contributed by atoms with Gasteiger partial charge in [-0.25, -0.2) is 0 Å². The number of hydrogen-bond acceptors (Lipinski definition) is 4. The predicted octanol–water partition coefficient (Wildman–Crippen LogP) is 3.72. The molecular weight excluding hydrogens is 332 g/mol. The van der Waals surface area contributed by atoms with Crippen LogP contribution in [0.2, 0.25) is 0 Å². The van der Waals surface area contributed by atoms with Crippen LogP contribution in [0.5, 0.6) is 5.75 Å². The first-order valence-electron chi connectivity index (χ1n) is 8.21. The second kappa shape index (κ2) is 6.76. The molecule has 4 rings (SSSR count). The number of nitrogens with zero attached hydrogens (tertiary/aromatic N) is 2. The van der Waals surface area contributed by atoms with E-state index in [4.69, 9.17) is 4.74 Å². The van der Waals surface area contributed by atoms with Gasteiger partial charge in [0.15, 0.2) is 5.17 Å². The third-order valence-corrected chi connectivity index (χ3v) is 5.47. The van der Waals surface area contributed by atoms with Crippen LogP contribution in [-0.2, 0) is 17.8 Å². The molecule has 0 unspecified atom stereocenters. The van der Waals surface area contributed by atoms with E-state index in [9.17, 15) is 4.79 Å². The molecule has 0 spiro atoms. The Morgan fingerprint density at radius 2 is 1.88 bits per heavy atom. The summed E-state index contributed by atoms with van der Waals surface area (Å²) >= 11 is 1.46. The number of rotatable bonds is 2. The molecule has 2 heterocycles. The number of hydrogen-bond donors (Lipinski definition) is 0. The SMILES string of the molecule is COc1ccc(/C=C2/SC(N3CCc4ccccc4C3)=NC2=O)cc1. The minimum Gasteiger partial charge on any atom is -0.497 e. The summed E-state index contributed by atoms with van der Waals surface area (Å²) in [5, 5.41) is 0.805. The van der Waals surface area contributed by atoms with E-state index in [0.717, 1.165) is 36.0 Å². The number of aliphatic imine (C=N–C) groups is 1. The molecule has 5 heteroatoms. The van der Waals surface area contributed by atoms with Crippen LogP contribution in [0.1, 0.15) is 16.7 Å². The van der Waals surface area contributed by atoms with Gasteiger partial charge in [0.1, 0.15) is 5.75 Å². The lowest BCUT2D eigenvalue weighted by Gasteiger charge is -2.29. The first-order chi connectivity index (χ1) is 12.2. The van der Waals surface area contributed by atoms with Crippen LogP contribution >= 0.6 is 11.8 Å². The fourth-order valence-corrected chi connectivity index (χ4v) is 3.98. The summed E-state index contributed by atoms with van der Waals surface area (Å²) in [5.41, 5.74) is 3.68. The van der Waals surface area contributed by atoms with E-state index in [1.54, 1.807) is 7.11 Å². The van der Waals surface area contributed by atoms with Gasteiger partial charge in [0, 0.05) is 13.1 Å². The van der Waals surface area contributed by atoms with Crippen LogP contribution in [0, 0.1) is 0 Å². The van der Waals surface area contributed by atoms with Crippen molar-refractivity contribution in [1.82, 2.24) is 4.90 Å². The number of carbonyl (C=O) groups excluding carboxylic acids is 1. The Bertz CT molecular complexity index is 872. The highest BCUT2D eigenvalue weighted by molar-refractivity contribution is 8.18. The number of ether oxygens (including phenoxy) is 1. The number of benzene rings is 2. The van der Waals surface area contributed by atoms with Crippen molar-refractivity contribution in [3.63, 3.8) is 0 Å². The summed E-state index contributed by atoms with van der Waals surface area (Å²) < 4.78 is 5.16. The van der Waals surface area contributed by atoms with Gasteiger partial charge in [-0.1, -0.05) is 36.4 Å². The fourth-order valence-electron chi connectivity index (χ4n) is 3.04. The molecule has 0 radical (unpaired) electrons. The minimum absolute atomic E-state index is 0.158. The number of amidine groups is 1. The highest BCUT2D eigenvalue weighted by atomic mass is 32.2. The highest BCUT2D eigenvalue weighted by Gasteiger charge is 2.28. The van der Waals surface area contributed by atoms with E-state index < -0.39 is 0 Å². The van der Waals surface area contributed by atoms with Crippen LogP contribution in [0.3, 0.4) is 0 Å². The smallest absolute Gasteiger partial charge is 0.286 e. The van der Waals surface area contributed by atoms with Gasteiger partial charge in [0.2, 0.25) is 0 Å². The van der Waals surface area contributed by atoms with E-state index in [1.165, 1.54) is 22.9 Å². The van der Waals surface area contributed by atoms with Gasteiger partial charge in [-0.15, -0.1) is 0 Å². The van der Waals surface area contributed by atoms with Crippen LogP contribution < -0.4 is 4.74 Å². The van der Waals surface area contributed by atoms with Crippen molar-refractivity contribution in [2.75, 3.05) is 13.7 Å². The van der Waals surface area contributed by atoms with Gasteiger partial charge in [-0.05, 0) is 53.1 Å².